The highest BCUT2D eigenvalue weighted by molar-refractivity contribution is 5.90. The first kappa shape index (κ1) is 17.5. The predicted molar refractivity (Wildman–Crippen MR) is 64.2 cm³/mol. The van der Waals surface area contributed by atoms with Crippen LogP contribution in [0.4, 0.5) is 17.6 Å². The summed E-state index contributed by atoms with van der Waals surface area (Å²) in [6.45, 7) is 0. The van der Waals surface area contributed by atoms with Gasteiger partial charge in [0.15, 0.2) is 6.10 Å². The molecule has 1 atom stereocenters. The van der Waals surface area contributed by atoms with Gasteiger partial charge < -0.3 is 9.84 Å². The summed E-state index contributed by atoms with van der Waals surface area (Å²) in [7, 11) is 0. The molecule has 0 bridgehead atoms. The maximum atomic E-state index is 13.6. The fraction of sp³-hybridized carbons (Fsp3) is 0.692. The van der Waals surface area contributed by atoms with E-state index in [-0.39, 0.29) is 12.8 Å². The molecule has 0 aromatic heterocycles. The molecule has 0 aliphatic heterocycles. The Balaban J connectivity index is 2.86. The highest BCUT2D eigenvalue weighted by Gasteiger charge is 2.54. The number of carbonyl (C=O) groups is 2. The number of aliphatic carboxylic acids is 1. The zero-order chi connectivity index (χ0) is 16.0. The predicted octanol–water partition coefficient (Wildman–Crippen LogP) is 3.02. The number of esters is 1. The first-order valence-corrected chi connectivity index (χ1v) is 6.52. The van der Waals surface area contributed by atoms with Gasteiger partial charge in [-0.05, 0) is 12.8 Å². The SMILES string of the molecule is O=C(O)C=CC(=O)OC(C1CCCCC1)C(F)(F)C(F)F. The van der Waals surface area contributed by atoms with Crippen LogP contribution < -0.4 is 0 Å². The van der Waals surface area contributed by atoms with Crippen LogP contribution in [0.15, 0.2) is 12.2 Å². The van der Waals surface area contributed by atoms with Gasteiger partial charge in [-0.25, -0.2) is 18.4 Å². The monoisotopic (exact) mass is 312 g/mol. The topological polar surface area (TPSA) is 63.6 Å². The molecule has 0 amide bonds. The van der Waals surface area contributed by atoms with Crippen molar-refractivity contribution in [2.24, 2.45) is 5.92 Å². The molecular weight excluding hydrogens is 296 g/mol. The third-order valence-corrected chi connectivity index (χ3v) is 3.35. The number of halogens is 4. The lowest BCUT2D eigenvalue weighted by Crippen LogP contribution is -2.48. The van der Waals surface area contributed by atoms with Crippen LogP contribution in [-0.4, -0.2) is 35.5 Å². The van der Waals surface area contributed by atoms with Crippen LogP contribution in [0, 0.1) is 5.92 Å². The summed E-state index contributed by atoms with van der Waals surface area (Å²) >= 11 is 0. The van der Waals surface area contributed by atoms with E-state index < -0.39 is 36.3 Å². The van der Waals surface area contributed by atoms with Crippen molar-refractivity contribution in [3.63, 3.8) is 0 Å². The summed E-state index contributed by atoms with van der Waals surface area (Å²) in [5.41, 5.74) is 0. The Kier molecular flexibility index (Phi) is 6.17. The van der Waals surface area contributed by atoms with Gasteiger partial charge in [-0.3, -0.25) is 0 Å². The van der Waals surface area contributed by atoms with Crippen molar-refractivity contribution in [3.8, 4) is 0 Å². The number of carboxylic acids is 1. The third kappa shape index (κ3) is 5.02. The van der Waals surface area contributed by atoms with E-state index in [0.29, 0.717) is 25.0 Å². The van der Waals surface area contributed by atoms with Gasteiger partial charge in [0, 0.05) is 18.1 Å². The van der Waals surface area contributed by atoms with E-state index in [1.807, 2.05) is 0 Å². The van der Waals surface area contributed by atoms with Crippen molar-refractivity contribution in [1.82, 2.24) is 0 Å². The van der Waals surface area contributed by atoms with Crippen LogP contribution in [0.3, 0.4) is 0 Å². The Morgan fingerprint density at radius 2 is 1.71 bits per heavy atom. The van der Waals surface area contributed by atoms with Gasteiger partial charge in [-0.1, -0.05) is 19.3 Å². The molecule has 0 spiro atoms. The molecule has 0 radical (unpaired) electrons. The number of carbonyl (C=O) groups excluding carboxylic acids is 1. The maximum absolute atomic E-state index is 13.6. The van der Waals surface area contributed by atoms with Crippen molar-refractivity contribution >= 4 is 11.9 Å². The minimum atomic E-state index is -4.46. The lowest BCUT2D eigenvalue weighted by Gasteiger charge is -2.34. The molecule has 8 heteroatoms. The van der Waals surface area contributed by atoms with Crippen molar-refractivity contribution in [1.29, 1.82) is 0 Å². The number of ether oxygens (including phenoxy) is 1. The van der Waals surface area contributed by atoms with E-state index in [0.717, 1.165) is 6.42 Å². The van der Waals surface area contributed by atoms with Gasteiger partial charge in [0.05, 0.1) is 0 Å². The van der Waals surface area contributed by atoms with Gasteiger partial charge >= 0.3 is 24.3 Å². The van der Waals surface area contributed by atoms with Crippen molar-refractivity contribution in [2.75, 3.05) is 0 Å². The number of hydrogen-bond acceptors (Lipinski definition) is 3. The van der Waals surface area contributed by atoms with Gasteiger partial charge in [0.2, 0.25) is 0 Å². The highest BCUT2D eigenvalue weighted by Crippen LogP contribution is 2.39. The minimum absolute atomic E-state index is 0.267. The second-order valence-corrected chi connectivity index (χ2v) is 4.90. The van der Waals surface area contributed by atoms with Crippen LogP contribution in [0.2, 0.25) is 0 Å². The maximum Gasteiger partial charge on any atom is 0.343 e. The van der Waals surface area contributed by atoms with E-state index in [9.17, 15) is 27.2 Å². The first-order chi connectivity index (χ1) is 9.75. The molecule has 1 aliphatic rings. The highest BCUT2D eigenvalue weighted by atomic mass is 19.3. The summed E-state index contributed by atoms with van der Waals surface area (Å²) in [4.78, 5) is 21.6. The van der Waals surface area contributed by atoms with Gasteiger partial charge in [0.1, 0.15) is 0 Å². The van der Waals surface area contributed by atoms with Crippen LogP contribution in [0.1, 0.15) is 32.1 Å². The molecule has 0 aromatic rings. The molecule has 0 heterocycles. The second-order valence-electron chi connectivity index (χ2n) is 4.90. The number of carboxylic acid groups (broad SMARTS) is 1. The molecule has 1 N–H and O–H groups in total. The summed E-state index contributed by atoms with van der Waals surface area (Å²) in [5.74, 6) is -8.16. The van der Waals surface area contributed by atoms with Crippen LogP contribution in [0.5, 0.6) is 0 Å². The molecule has 0 aromatic carbocycles. The quantitative estimate of drug-likeness (QED) is 0.465. The second kappa shape index (κ2) is 7.42. The number of hydrogen-bond donors (Lipinski definition) is 1. The van der Waals surface area contributed by atoms with Crippen molar-refractivity contribution < 1.29 is 37.0 Å². The van der Waals surface area contributed by atoms with E-state index in [1.54, 1.807) is 0 Å². The smallest absolute Gasteiger partial charge is 0.343 e. The zero-order valence-corrected chi connectivity index (χ0v) is 11.1. The lowest BCUT2D eigenvalue weighted by atomic mass is 9.83. The van der Waals surface area contributed by atoms with E-state index in [4.69, 9.17) is 5.11 Å². The van der Waals surface area contributed by atoms with Crippen LogP contribution in [-0.2, 0) is 14.3 Å². The Hall–Kier alpha value is -1.60. The Labute approximate surface area is 118 Å². The van der Waals surface area contributed by atoms with E-state index >= 15 is 0 Å². The molecule has 21 heavy (non-hydrogen) atoms. The minimum Gasteiger partial charge on any atom is -0.478 e. The summed E-state index contributed by atoms with van der Waals surface area (Å²) in [6, 6.07) is 0. The normalized spacial score (nSPS) is 18.9. The third-order valence-electron chi connectivity index (χ3n) is 3.35. The molecule has 1 fully saturated rings. The lowest BCUT2D eigenvalue weighted by molar-refractivity contribution is -0.221. The van der Waals surface area contributed by atoms with Crippen LogP contribution >= 0.6 is 0 Å². The Bertz CT molecular complexity index is 403. The molecule has 4 nitrogen and oxygen atoms in total. The first-order valence-electron chi connectivity index (χ1n) is 6.52. The Morgan fingerprint density at radius 3 is 2.19 bits per heavy atom. The molecule has 1 aliphatic carbocycles. The molecule has 1 saturated carbocycles. The molecule has 120 valence electrons. The summed E-state index contributed by atoms with van der Waals surface area (Å²) in [5, 5.41) is 8.33. The standard InChI is InChI=1S/C13H16F4O4/c14-12(15)13(16,17)11(8-4-2-1-3-5-8)21-10(20)7-6-9(18)19/h6-8,11-12H,1-5H2,(H,18,19). The average molecular weight is 312 g/mol. The van der Waals surface area contributed by atoms with E-state index in [2.05, 4.69) is 4.74 Å². The Morgan fingerprint density at radius 1 is 1.14 bits per heavy atom. The number of rotatable bonds is 6. The summed E-state index contributed by atoms with van der Waals surface area (Å²) in [6.07, 6.45) is -2.82. The molecule has 1 unspecified atom stereocenters. The van der Waals surface area contributed by atoms with Gasteiger partial charge in [-0.15, -0.1) is 0 Å². The van der Waals surface area contributed by atoms with Gasteiger partial charge in [0.25, 0.3) is 0 Å². The fourth-order valence-corrected chi connectivity index (χ4v) is 2.35. The fourth-order valence-electron chi connectivity index (χ4n) is 2.35. The van der Waals surface area contributed by atoms with E-state index in [1.165, 1.54) is 0 Å². The van der Waals surface area contributed by atoms with Crippen molar-refractivity contribution in [2.45, 2.75) is 50.6 Å². The average Bonchev–Trinajstić information content (AvgIpc) is 2.43. The molecular formula is C13H16F4O4. The molecule has 1 rings (SSSR count). The van der Waals surface area contributed by atoms with Crippen molar-refractivity contribution in [3.05, 3.63) is 12.2 Å². The van der Waals surface area contributed by atoms with Gasteiger partial charge in [-0.2, -0.15) is 8.78 Å². The largest absolute Gasteiger partial charge is 0.478 e. The zero-order valence-electron chi connectivity index (χ0n) is 11.1. The van der Waals surface area contributed by atoms with Crippen LogP contribution in [0.25, 0.3) is 0 Å². The molecule has 0 saturated heterocycles. The number of alkyl halides is 4. The summed E-state index contributed by atoms with van der Waals surface area (Å²) < 4.78 is 56.7.